The molecule has 0 saturated carbocycles. The molecule has 0 aliphatic carbocycles. The smallest absolute Gasteiger partial charge is 0.0526 e. The molecule has 3 atom stereocenters. The second-order valence-corrected chi connectivity index (χ2v) is 4.28. The average molecular weight is 207 g/mol. The molecule has 15 heavy (non-hydrogen) atoms. The molecule has 0 heterocycles. The molecule has 0 aliphatic heterocycles. The van der Waals surface area contributed by atoms with Crippen molar-refractivity contribution in [2.45, 2.75) is 45.4 Å². The summed E-state index contributed by atoms with van der Waals surface area (Å²) in [5.74, 6) is 0. The van der Waals surface area contributed by atoms with E-state index in [1.165, 1.54) is 5.56 Å². The topological polar surface area (TPSA) is 32.3 Å². The molecule has 0 radical (unpaired) electrons. The summed E-state index contributed by atoms with van der Waals surface area (Å²) in [4.78, 5) is 0. The van der Waals surface area contributed by atoms with Crippen molar-refractivity contribution in [3.63, 3.8) is 0 Å². The highest BCUT2D eigenvalue weighted by atomic mass is 16.3. The quantitative estimate of drug-likeness (QED) is 0.777. The minimum Gasteiger partial charge on any atom is -0.393 e. The van der Waals surface area contributed by atoms with Crippen LogP contribution in [0.3, 0.4) is 0 Å². The monoisotopic (exact) mass is 207 g/mol. The predicted octanol–water partition coefficient (Wildman–Crippen LogP) is 2.50. The van der Waals surface area contributed by atoms with Gasteiger partial charge in [-0.05, 0) is 32.8 Å². The molecular weight excluding hydrogens is 186 g/mol. The van der Waals surface area contributed by atoms with Gasteiger partial charge in [-0.1, -0.05) is 30.3 Å². The van der Waals surface area contributed by atoms with E-state index in [2.05, 4.69) is 31.3 Å². The van der Waals surface area contributed by atoms with Crippen molar-refractivity contribution >= 4 is 0 Å². The average Bonchev–Trinajstić information content (AvgIpc) is 2.17. The number of aliphatic hydroxyl groups is 1. The molecule has 0 bridgehead atoms. The molecule has 0 aliphatic rings. The maximum Gasteiger partial charge on any atom is 0.0526 e. The molecule has 0 aromatic heterocycles. The van der Waals surface area contributed by atoms with E-state index in [-0.39, 0.29) is 6.10 Å². The lowest BCUT2D eigenvalue weighted by Crippen LogP contribution is -2.31. The SMILES string of the molecule is C[C@H](O)C[C@@H](C)N[C@H](C)c1ccccc1. The van der Waals surface area contributed by atoms with E-state index < -0.39 is 0 Å². The van der Waals surface area contributed by atoms with Crippen LogP contribution in [0, 0.1) is 0 Å². The van der Waals surface area contributed by atoms with Crippen LogP contribution in [0.2, 0.25) is 0 Å². The summed E-state index contributed by atoms with van der Waals surface area (Å²) in [5, 5.41) is 12.7. The fourth-order valence-electron chi connectivity index (χ4n) is 1.84. The van der Waals surface area contributed by atoms with E-state index in [0.29, 0.717) is 12.1 Å². The van der Waals surface area contributed by atoms with Crippen molar-refractivity contribution in [3.05, 3.63) is 35.9 Å². The first-order valence-corrected chi connectivity index (χ1v) is 5.58. The van der Waals surface area contributed by atoms with Crippen LogP contribution in [0.1, 0.15) is 38.8 Å². The standard InChI is InChI=1S/C13H21NO/c1-10(9-11(2)15)14-12(3)13-7-5-4-6-8-13/h4-8,10-12,14-15H,9H2,1-3H3/t10-,11+,12-/m1/s1. The molecular formula is C13H21NO. The molecule has 1 rings (SSSR count). The Morgan fingerprint density at radius 2 is 1.73 bits per heavy atom. The van der Waals surface area contributed by atoms with Gasteiger partial charge in [0, 0.05) is 12.1 Å². The molecule has 2 nitrogen and oxygen atoms in total. The van der Waals surface area contributed by atoms with Gasteiger partial charge in [0.05, 0.1) is 6.10 Å². The van der Waals surface area contributed by atoms with E-state index in [1.807, 2.05) is 25.1 Å². The first-order chi connectivity index (χ1) is 7.09. The minimum absolute atomic E-state index is 0.240. The zero-order valence-electron chi connectivity index (χ0n) is 9.77. The lowest BCUT2D eigenvalue weighted by Gasteiger charge is -2.21. The first kappa shape index (κ1) is 12.2. The van der Waals surface area contributed by atoms with Gasteiger partial charge in [0.25, 0.3) is 0 Å². The Morgan fingerprint density at radius 1 is 1.13 bits per heavy atom. The van der Waals surface area contributed by atoms with Crippen LogP contribution in [0.25, 0.3) is 0 Å². The van der Waals surface area contributed by atoms with Crippen molar-refractivity contribution in [1.82, 2.24) is 5.32 Å². The summed E-state index contributed by atoms with van der Waals surface area (Å²) >= 11 is 0. The summed E-state index contributed by atoms with van der Waals surface area (Å²) in [7, 11) is 0. The van der Waals surface area contributed by atoms with Crippen LogP contribution in [-0.2, 0) is 0 Å². The van der Waals surface area contributed by atoms with Crippen molar-refractivity contribution in [2.24, 2.45) is 0 Å². The normalized spacial score (nSPS) is 17.1. The Kier molecular flexibility index (Phi) is 4.79. The van der Waals surface area contributed by atoms with Crippen LogP contribution >= 0.6 is 0 Å². The second kappa shape index (κ2) is 5.89. The predicted molar refractivity (Wildman–Crippen MR) is 63.8 cm³/mol. The van der Waals surface area contributed by atoms with Gasteiger partial charge in [0.2, 0.25) is 0 Å². The Balaban J connectivity index is 2.45. The van der Waals surface area contributed by atoms with E-state index in [4.69, 9.17) is 0 Å². The molecule has 0 spiro atoms. The van der Waals surface area contributed by atoms with Gasteiger partial charge < -0.3 is 10.4 Å². The molecule has 2 N–H and O–H groups in total. The first-order valence-electron chi connectivity index (χ1n) is 5.58. The van der Waals surface area contributed by atoms with E-state index in [0.717, 1.165) is 6.42 Å². The van der Waals surface area contributed by atoms with Crippen molar-refractivity contribution < 1.29 is 5.11 Å². The number of aliphatic hydroxyl groups excluding tert-OH is 1. The van der Waals surface area contributed by atoms with Gasteiger partial charge in [-0.25, -0.2) is 0 Å². The van der Waals surface area contributed by atoms with Gasteiger partial charge in [0.1, 0.15) is 0 Å². The van der Waals surface area contributed by atoms with Crippen LogP contribution in [0.5, 0.6) is 0 Å². The summed E-state index contributed by atoms with van der Waals surface area (Å²) < 4.78 is 0. The second-order valence-electron chi connectivity index (χ2n) is 4.28. The third kappa shape index (κ3) is 4.45. The minimum atomic E-state index is -0.240. The fraction of sp³-hybridized carbons (Fsp3) is 0.538. The Bertz CT molecular complexity index is 271. The maximum atomic E-state index is 9.27. The van der Waals surface area contributed by atoms with Gasteiger partial charge in [-0.3, -0.25) is 0 Å². The number of rotatable bonds is 5. The molecule has 0 fully saturated rings. The van der Waals surface area contributed by atoms with Crippen LogP contribution in [-0.4, -0.2) is 17.3 Å². The number of hydrogen-bond acceptors (Lipinski definition) is 2. The maximum absolute atomic E-state index is 9.27. The zero-order valence-corrected chi connectivity index (χ0v) is 9.77. The largest absolute Gasteiger partial charge is 0.393 e. The summed E-state index contributed by atoms with van der Waals surface area (Å²) in [5.41, 5.74) is 1.29. The van der Waals surface area contributed by atoms with Crippen LogP contribution < -0.4 is 5.32 Å². The fourth-order valence-corrected chi connectivity index (χ4v) is 1.84. The molecule has 1 aromatic rings. The van der Waals surface area contributed by atoms with Crippen molar-refractivity contribution in [2.75, 3.05) is 0 Å². The van der Waals surface area contributed by atoms with E-state index in [1.54, 1.807) is 0 Å². The van der Waals surface area contributed by atoms with Crippen LogP contribution in [0.4, 0.5) is 0 Å². The highest BCUT2D eigenvalue weighted by molar-refractivity contribution is 5.18. The number of benzene rings is 1. The van der Waals surface area contributed by atoms with Crippen molar-refractivity contribution in [1.29, 1.82) is 0 Å². The van der Waals surface area contributed by atoms with Gasteiger partial charge in [-0.2, -0.15) is 0 Å². The third-order valence-electron chi connectivity index (χ3n) is 2.53. The molecule has 0 saturated heterocycles. The van der Waals surface area contributed by atoms with E-state index >= 15 is 0 Å². The zero-order chi connectivity index (χ0) is 11.3. The van der Waals surface area contributed by atoms with Crippen molar-refractivity contribution in [3.8, 4) is 0 Å². The van der Waals surface area contributed by atoms with E-state index in [9.17, 15) is 5.11 Å². The van der Waals surface area contributed by atoms with Gasteiger partial charge in [0.15, 0.2) is 0 Å². The molecule has 0 amide bonds. The van der Waals surface area contributed by atoms with Crippen LogP contribution in [0.15, 0.2) is 30.3 Å². The summed E-state index contributed by atoms with van der Waals surface area (Å²) in [6.45, 7) is 6.07. The summed E-state index contributed by atoms with van der Waals surface area (Å²) in [6.07, 6.45) is 0.549. The molecule has 2 heteroatoms. The van der Waals surface area contributed by atoms with Gasteiger partial charge >= 0.3 is 0 Å². The lowest BCUT2D eigenvalue weighted by molar-refractivity contribution is 0.168. The Labute approximate surface area is 92.3 Å². The number of nitrogens with one attached hydrogen (secondary N) is 1. The highest BCUT2D eigenvalue weighted by Gasteiger charge is 2.10. The number of hydrogen-bond donors (Lipinski definition) is 2. The molecule has 1 aromatic carbocycles. The summed E-state index contributed by atoms with van der Waals surface area (Å²) in [6, 6.07) is 11.0. The lowest BCUT2D eigenvalue weighted by atomic mass is 10.1. The Hall–Kier alpha value is -0.860. The highest BCUT2D eigenvalue weighted by Crippen LogP contribution is 2.13. The molecule has 0 unspecified atom stereocenters. The third-order valence-corrected chi connectivity index (χ3v) is 2.53. The van der Waals surface area contributed by atoms with Gasteiger partial charge in [-0.15, -0.1) is 0 Å². The Morgan fingerprint density at radius 3 is 2.27 bits per heavy atom. The molecule has 84 valence electrons.